The molecule has 0 fully saturated rings. The average Bonchev–Trinajstić information content (AvgIpc) is 3.16. The van der Waals surface area contributed by atoms with Crippen LogP contribution in [0.1, 0.15) is 27.5 Å². The predicted octanol–water partition coefficient (Wildman–Crippen LogP) is 3.27. The number of anilines is 1. The van der Waals surface area contributed by atoms with Crippen molar-refractivity contribution in [3.05, 3.63) is 83.7 Å². The molecule has 0 radical (unpaired) electrons. The van der Waals surface area contributed by atoms with Gasteiger partial charge in [-0.15, -0.1) is 0 Å². The van der Waals surface area contributed by atoms with Gasteiger partial charge in [-0.25, -0.2) is 14.6 Å². The zero-order chi connectivity index (χ0) is 24.1. The SMILES string of the molecule is COC[C@H](NC(=O)c1ncccc1NC(=O)OCC1c2ccccc2-c2ccccc21)C(=O)O. The van der Waals surface area contributed by atoms with E-state index in [4.69, 9.17) is 9.47 Å². The predicted molar refractivity (Wildman–Crippen MR) is 124 cm³/mol. The Kier molecular flexibility index (Phi) is 6.84. The molecule has 0 saturated carbocycles. The molecule has 3 N–H and O–H groups in total. The Morgan fingerprint density at radius 3 is 2.26 bits per heavy atom. The van der Waals surface area contributed by atoms with Gasteiger partial charge in [-0.3, -0.25) is 10.1 Å². The smallest absolute Gasteiger partial charge is 0.411 e. The van der Waals surface area contributed by atoms with Crippen LogP contribution in [0.3, 0.4) is 0 Å². The third-order valence-electron chi connectivity index (χ3n) is 5.54. The molecule has 1 heterocycles. The zero-order valence-corrected chi connectivity index (χ0v) is 18.4. The van der Waals surface area contributed by atoms with E-state index in [-0.39, 0.29) is 30.5 Å². The minimum absolute atomic E-state index is 0.0961. The number of hydrogen-bond acceptors (Lipinski definition) is 6. The van der Waals surface area contributed by atoms with Gasteiger partial charge >= 0.3 is 12.1 Å². The maximum Gasteiger partial charge on any atom is 0.411 e. The lowest BCUT2D eigenvalue weighted by molar-refractivity contribution is -0.140. The first-order chi connectivity index (χ1) is 16.5. The van der Waals surface area contributed by atoms with E-state index in [0.717, 1.165) is 22.3 Å². The molecule has 9 nitrogen and oxygen atoms in total. The standard InChI is InChI=1S/C25H23N3O6/c1-33-14-21(24(30)31)27-23(29)22-20(11-6-12-26-22)28-25(32)34-13-19-17-9-4-2-7-15(17)16-8-3-5-10-18(16)19/h2-12,19,21H,13-14H2,1H3,(H,27,29)(H,28,32)(H,30,31)/t21-/m0/s1. The average molecular weight is 461 g/mol. The number of nitrogens with one attached hydrogen (secondary N) is 2. The van der Waals surface area contributed by atoms with Crippen LogP contribution in [-0.4, -0.2) is 54.4 Å². The van der Waals surface area contributed by atoms with Crippen LogP contribution in [0.15, 0.2) is 66.9 Å². The molecule has 174 valence electrons. The number of hydrogen-bond donors (Lipinski definition) is 3. The molecular formula is C25H23N3O6. The summed E-state index contributed by atoms with van der Waals surface area (Å²) >= 11 is 0. The van der Waals surface area contributed by atoms with E-state index in [9.17, 15) is 19.5 Å². The summed E-state index contributed by atoms with van der Waals surface area (Å²) in [4.78, 5) is 40.5. The van der Waals surface area contributed by atoms with E-state index in [0.29, 0.717) is 0 Å². The number of carboxylic acid groups (broad SMARTS) is 1. The van der Waals surface area contributed by atoms with Crippen molar-refractivity contribution < 1.29 is 29.0 Å². The number of aromatic nitrogens is 1. The molecule has 4 rings (SSSR count). The Hall–Kier alpha value is -4.24. The first kappa shape index (κ1) is 22.9. The summed E-state index contributed by atoms with van der Waals surface area (Å²) in [6.07, 6.45) is 0.611. The minimum Gasteiger partial charge on any atom is -0.480 e. The molecule has 1 aliphatic rings. The highest BCUT2D eigenvalue weighted by Gasteiger charge is 2.29. The first-order valence-electron chi connectivity index (χ1n) is 10.6. The van der Waals surface area contributed by atoms with E-state index in [1.807, 2.05) is 48.5 Å². The second-order valence-corrected chi connectivity index (χ2v) is 7.67. The second-order valence-electron chi connectivity index (χ2n) is 7.67. The van der Waals surface area contributed by atoms with E-state index in [1.165, 1.54) is 19.4 Å². The van der Waals surface area contributed by atoms with Crippen LogP contribution in [0, 0.1) is 0 Å². The maximum atomic E-state index is 12.6. The Balaban J connectivity index is 1.45. The monoisotopic (exact) mass is 461 g/mol. The van der Waals surface area contributed by atoms with Gasteiger partial charge in [0.1, 0.15) is 6.61 Å². The normalized spacial score (nSPS) is 12.9. The van der Waals surface area contributed by atoms with Crippen molar-refractivity contribution in [3.8, 4) is 11.1 Å². The fraction of sp³-hybridized carbons (Fsp3) is 0.200. The van der Waals surface area contributed by atoms with E-state index < -0.39 is 24.0 Å². The molecule has 0 saturated heterocycles. The van der Waals surface area contributed by atoms with Crippen LogP contribution in [0.2, 0.25) is 0 Å². The molecule has 34 heavy (non-hydrogen) atoms. The van der Waals surface area contributed by atoms with Gasteiger partial charge in [0.25, 0.3) is 5.91 Å². The third-order valence-corrected chi connectivity index (χ3v) is 5.54. The van der Waals surface area contributed by atoms with Gasteiger partial charge in [0.05, 0.1) is 12.3 Å². The molecular weight excluding hydrogens is 438 g/mol. The Bertz CT molecular complexity index is 1180. The zero-order valence-electron chi connectivity index (χ0n) is 18.4. The van der Waals surface area contributed by atoms with Crippen LogP contribution in [0.4, 0.5) is 10.5 Å². The highest BCUT2D eigenvalue weighted by Crippen LogP contribution is 2.44. The summed E-state index contributed by atoms with van der Waals surface area (Å²) in [5, 5.41) is 14.1. The van der Waals surface area contributed by atoms with Crippen molar-refractivity contribution in [2.45, 2.75) is 12.0 Å². The van der Waals surface area contributed by atoms with Crippen molar-refractivity contribution in [1.29, 1.82) is 0 Å². The number of fused-ring (bicyclic) bond motifs is 3. The molecule has 0 unspecified atom stereocenters. The third kappa shape index (κ3) is 4.74. The minimum atomic E-state index is -1.26. The molecule has 9 heteroatoms. The van der Waals surface area contributed by atoms with Gasteiger partial charge in [-0.1, -0.05) is 48.5 Å². The highest BCUT2D eigenvalue weighted by molar-refractivity contribution is 6.02. The largest absolute Gasteiger partial charge is 0.480 e. The summed E-state index contributed by atoms with van der Waals surface area (Å²) in [5.74, 6) is -2.13. The number of carboxylic acids is 1. The van der Waals surface area contributed by atoms with Crippen molar-refractivity contribution in [3.63, 3.8) is 0 Å². The van der Waals surface area contributed by atoms with Crippen molar-refractivity contribution in [1.82, 2.24) is 10.3 Å². The Morgan fingerprint density at radius 1 is 1.00 bits per heavy atom. The first-order valence-corrected chi connectivity index (χ1v) is 10.6. The van der Waals surface area contributed by atoms with Gasteiger partial charge in [-0.2, -0.15) is 0 Å². The Labute approximate surface area is 195 Å². The molecule has 0 aliphatic heterocycles. The fourth-order valence-corrected chi connectivity index (χ4v) is 4.00. The van der Waals surface area contributed by atoms with Crippen LogP contribution >= 0.6 is 0 Å². The molecule has 1 aliphatic carbocycles. The van der Waals surface area contributed by atoms with Gasteiger partial charge in [0, 0.05) is 19.2 Å². The number of rotatable bonds is 8. The fourth-order valence-electron chi connectivity index (χ4n) is 4.00. The lowest BCUT2D eigenvalue weighted by Gasteiger charge is -2.16. The summed E-state index contributed by atoms with van der Waals surface area (Å²) in [6, 6.07) is 17.7. The van der Waals surface area contributed by atoms with Crippen molar-refractivity contribution in [2.24, 2.45) is 0 Å². The molecule has 1 atom stereocenters. The Morgan fingerprint density at radius 2 is 1.65 bits per heavy atom. The number of ether oxygens (including phenoxy) is 2. The number of amides is 2. The number of aliphatic carboxylic acids is 1. The number of carbonyl (C=O) groups is 3. The number of methoxy groups -OCH3 is 1. The number of benzene rings is 2. The molecule has 0 spiro atoms. The van der Waals surface area contributed by atoms with E-state index in [1.54, 1.807) is 6.07 Å². The van der Waals surface area contributed by atoms with Gasteiger partial charge in [0.15, 0.2) is 11.7 Å². The summed E-state index contributed by atoms with van der Waals surface area (Å²) in [7, 11) is 1.33. The van der Waals surface area contributed by atoms with Gasteiger partial charge in [-0.05, 0) is 34.4 Å². The van der Waals surface area contributed by atoms with Crippen LogP contribution in [-0.2, 0) is 14.3 Å². The number of nitrogens with zero attached hydrogens (tertiary/aromatic N) is 1. The van der Waals surface area contributed by atoms with Gasteiger partial charge < -0.3 is 19.9 Å². The van der Waals surface area contributed by atoms with Crippen LogP contribution < -0.4 is 10.6 Å². The second kappa shape index (κ2) is 10.1. The lowest BCUT2D eigenvalue weighted by Crippen LogP contribution is -2.44. The van der Waals surface area contributed by atoms with Crippen LogP contribution in [0.5, 0.6) is 0 Å². The van der Waals surface area contributed by atoms with Gasteiger partial charge in [0.2, 0.25) is 0 Å². The topological polar surface area (TPSA) is 127 Å². The highest BCUT2D eigenvalue weighted by atomic mass is 16.5. The van der Waals surface area contributed by atoms with Crippen molar-refractivity contribution in [2.75, 3.05) is 25.6 Å². The summed E-state index contributed by atoms with van der Waals surface area (Å²) in [5.41, 5.74) is 4.34. The lowest BCUT2D eigenvalue weighted by atomic mass is 9.98. The summed E-state index contributed by atoms with van der Waals surface area (Å²) < 4.78 is 10.3. The quantitative estimate of drug-likeness (QED) is 0.470. The van der Waals surface area contributed by atoms with Crippen molar-refractivity contribution >= 4 is 23.7 Å². The molecule has 3 aromatic rings. The molecule has 2 aromatic carbocycles. The molecule has 2 amide bonds. The number of pyridine rings is 1. The van der Waals surface area contributed by atoms with E-state index >= 15 is 0 Å². The number of carbonyl (C=O) groups excluding carboxylic acids is 2. The maximum absolute atomic E-state index is 12.6. The van der Waals surface area contributed by atoms with E-state index in [2.05, 4.69) is 15.6 Å². The molecule has 0 bridgehead atoms. The summed E-state index contributed by atoms with van der Waals surface area (Å²) in [6.45, 7) is -0.111. The van der Waals surface area contributed by atoms with Crippen LogP contribution in [0.25, 0.3) is 11.1 Å². The molecule has 1 aromatic heterocycles.